The first-order chi connectivity index (χ1) is 12.6. The zero-order chi connectivity index (χ0) is 18.7. The summed E-state index contributed by atoms with van der Waals surface area (Å²) in [6, 6.07) is 7.29. The fraction of sp³-hybridized carbons (Fsp3) is 0.263. The quantitative estimate of drug-likeness (QED) is 0.319. The number of phenols is 2. The summed E-state index contributed by atoms with van der Waals surface area (Å²) in [5, 5.41) is 35.0. The lowest BCUT2D eigenvalue weighted by Crippen LogP contribution is -2.26. The lowest BCUT2D eigenvalue weighted by atomic mass is 9.82. The molecule has 26 heavy (non-hydrogen) atoms. The first kappa shape index (κ1) is 17.9. The normalized spacial score (nSPS) is 12.7. The van der Waals surface area contributed by atoms with Gasteiger partial charge in [0, 0.05) is 30.9 Å². The highest BCUT2D eigenvalue weighted by atomic mass is 16.3. The molecule has 136 valence electrons. The van der Waals surface area contributed by atoms with E-state index < -0.39 is 11.6 Å². The number of nitrogens with one attached hydrogen (secondary N) is 2. The Morgan fingerprint density at radius 3 is 2.19 bits per heavy atom. The average Bonchev–Trinajstić information content (AvgIpc) is 2.64. The number of ketones is 2. The first-order valence-corrected chi connectivity index (χ1v) is 8.39. The number of hydrogen-bond donors (Lipinski definition) is 5. The summed E-state index contributed by atoms with van der Waals surface area (Å²) < 4.78 is 0. The second kappa shape index (κ2) is 7.55. The van der Waals surface area contributed by atoms with Crippen molar-refractivity contribution < 1.29 is 24.9 Å². The van der Waals surface area contributed by atoms with Crippen molar-refractivity contribution >= 4 is 17.3 Å². The van der Waals surface area contributed by atoms with Crippen LogP contribution in [0.15, 0.2) is 30.3 Å². The average molecular weight is 356 g/mol. The van der Waals surface area contributed by atoms with Crippen LogP contribution in [0.1, 0.15) is 38.3 Å². The van der Waals surface area contributed by atoms with E-state index in [-0.39, 0.29) is 40.4 Å². The Hall–Kier alpha value is -2.90. The van der Waals surface area contributed by atoms with Crippen LogP contribution in [0.25, 0.3) is 0 Å². The van der Waals surface area contributed by atoms with Crippen LogP contribution in [-0.2, 0) is 0 Å². The van der Waals surface area contributed by atoms with Crippen LogP contribution in [0, 0.1) is 0 Å². The number of phenolic OH excluding ortho intramolecular Hbond substituents is 2. The molecule has 0 saturated carbocycles. The van der Waals surface area contributed by atoms with Gasteiger partial charge in [0.15, 0.2) is 11.6 Å². The highest BCUT2D eigenvalue weighted by Gasteiger charge is 2.35. The second-order valence-electron chi connectivity index (χ2n) is 5.99. The zero-order valence-corrected chi connectivity index (χ0v) is 14.1. The molecule has 2 aromatic rings. The predicted octanol–water partition coefficient (Wildman–Crippen LogP) is 1.26. The molecule has 7 nitrogen and oxygen atoms in total. The Morgan fingerprint density at radius 2 is 1.50 bits per heavy atom. The van der Waals surface area contributed by atoms with E-state index in [0.29, 0.717) is 31.7 Å². The molecule has 0 atom stereocenters. The summed E-state index contributed by atoms with van der Waals surface area (Å²) in [5.41, 5.74) is 0.559. The maximum Gasteiger partial charge on any atom is 0.200 e. The van der Waals surface area contributed by atoms with Crippen LogP contribution in [0.2, 0.25) is 0 Å². The van der Waals surface area contributed by atoms with E-state index in [1.165, 1.54) is 18.2 Å². The van der Waals surface area contributed by atoms with Gasteiger partial charge in [-0.1, -0.05) is 12.1 Å². The molecule has 0 aliphatic heterocycles. The van der Waals surface area contributed by atoms with Crippen molar-refractivity contribution in [2.45, 2.75) is 6.42 Å². The third-order valence-electron chi connectivity index (χ3n) is 4.28. The molecule has 0 radical (unpaired) electrons. The minimum atomic E-state index is -0.501. The van der Waals surface area contributed by atoms with Crippen molar-refractivity contribution in [1.82, 2.24) is 5.32 Å². The molecule has 3 rings (SSSR count). The number of aromatic hydroxyl groups is 2. The van der Waals surface area contributed by atoms with E-state index >= 15 is 0 Å². The van der Waals surface area contributed by atoms with Gasteiger partial charge < -0.3 is 26.0 Å². The number of fused-ring (bicyclic) bond motifs is 2. The topological polar surface area (TPSA) is 119 Å². The van der Waals surface area contributed by atoms with Gasteiger partial charge in [-0.05, 0) is 31.2 Å². The largest absolute Gasteiger partial charge is 0.507 e. The monoisotopic (exact) mass is 356 g/mol. The van der Waals surface area contributed by atoms with E-state index in [9.17, 15) is 19.8 Å². The molecule has 5 N–H and O–H groups in total. The van der Waals surface area contributed by atoms with Gasteiger partial charge in [0.25, 0.3) is 0 Å². The van der Waals surface area contributed by atoms with Gasteiger partial charge in [0.05, 0.1) is 16.7 Å². The van der Waals surface area contributed by atoms with Gasteiger partial charge in [0.2, 0.25) is 0 Å². The summed E-state index contributed by atoms with van der Waals surface area (Å²) in [6.45, 7) is 1.94. The van der Waals surface area contributed by atoms with Gasteiger partial charge in [-0.25, -0.2) is 0 Å². The van der Waals surface area contributed by atoms with Crippen LogP contribution in [0.3, 0.4) is 0 Å². The number of carbonyl (C=O) groups excluding carboxylic acids is 2. The van der Waals surface area contributed by atoms with Gasteiger partial charge in [0.1, 0.15) is 11.5 Å². The number of hydrogen-bond acceptors (Lipinski definition) is 7. The SMILES string of the molecule is O=C1c2cccc(NCCNCCCO)c2C(=O)c2c(O)ccc(O)c21. The van der Waals surface area contributed by atoms with Crippen LogP contribution in [0.4, 0.5) is 5.69 Å². The van der Waals surface area contributed by atoms with E-state index in [2.05, 4.69) is 10.6 Å². The zero-order valence-electron chi connectivity index (χ0n) is 14.1. The van der Waals surface area contributed by atoms with E-state index in [4.69, 9.17) is 5.11 Å². The third kappa shape index (κ3) is 3.14. The Labute approximate surface area is 150 Å². The Kier molecular flexibility index (Phi) is 5.20. The lowest BCUT2D eigenvalue weighted by molar-refractivity contribution is 0.0974. The molecule has 0 aromatic heterocycles. The summed E-state index contributed by atoms with van der Waals surface area (Å²) in [4.78, 5) is 25.7. The highest BCUT2D eigenvalue weighted by molar-refractivity contribution is 6.31. The number of rotatable bonds is 7. The van der Waals surface area contributed by atoms with Gasteiger partial charge in [-0.2, -0.15) is 0 Å². The standard InChI is InChI=1S/C19H20N2O5/c22-10-2-7-20-8-9-21-12-4-1-3-11-15(12)19(26)17-14(24)6-5-13(23)16(17)18(11)25/h1,3-6,20-24H,2,7-10H2. The molecule has 2 aromatic carbocycles. The molecule has 0 heterocycles. The van der Waals surface area contributed by atoms with E-state index in [1.807, 2.05) is 0 Å². The van der Waals surface area contributed by atoms with Gasteiger partial charge in [-0.3, -0.25) is 9.59 Å². The van der Waals surface area contributed by atoms with Crippen molar-refractivity contribution in [1.29, 1.82) is 0 Å². The Balaban J connectivity index is 1.89. The third-order valence-corrected chi connectivity index (χ3v) is 4.28. The minimum Gasteiger partial charge on any atom is -0.507 e. The molecule has 0 bridgehead atoms. The molecular formula is C19H20N2O5. The number of carbonyl (C=O) groups is 2. The first-order valence-electron chi connectivity index (χ1n) is 8.39. The van der Waals surface area contributed by atoms with Crippen molar-refractivity contribution in [2.75, 3.05) is 31.6 Å². The van der Waals surface area contributed by atoms with E-state index in [0.717, 1.165) is 0 Å². The summed E-state index contributed by atoms with van der Waals surface area (Å²) in [6.07, 6.45) is 0.660. The van der Waals surface area contributed by atoms with Crippen LogP contribution in [0.5, 0.6) is 11.5 Å². The molecular weight excluding hydrogens is 336 g/mol. The molecule has 0 saturated heterocycles. The molecule has 0 amide bonds. The second-order valence-corrected chi connectivity index (χ2v) is 5.99. The maximum atomic E-state index is 12.9. The van der Waals surface area contributed by atoms with Crippen LogP contribution >= 0.6 is 0 Å². The smallest absolute Gasteiger partial charge is 0.200 e. The maximum absolute atomic E-state index is 12.9. The fourth-order valence-electron chi connectivity index (χ4n) is 3.05. The van der Waals surface area contributed by atoms with Crippen molar-refractivity contribution in [3.8, 4) is 11.5 Å². The molecule has 0 unspecified atom stereocenters. The molecule has 0 fully saturated rings. The molecule has 1 aliphatic rings. The highest BCUT2D eigenvalue weighted by Crippen LogP contribution is 2.39. The number of aliphatic hydroxyl groups excluding tert-OH is 1. The van der Waals surface area contributed by atoms with Crippen molar-refractivity contribution in [3.63, 3.8) is 0 Å². The number of aliphatic hydroxyl groups is 1. The lowest BCUT2D eigenvalue weighted by Gasteiger charge is -2.22. The van der Waals surface area contributed by atoms with Crippen LogP contribution in [-0.4, -0.2) is 53.1 Å². The Bertz CT molecular complexity index is 863. The minimum absolute atomic E-state index is 0.124. The fourth-order valence-corrected chi connectivity index (χ4v) is 3.05. The van der Waals surface area contributed by atoms with Gasteiger partial charge >= 0.3 is 0 Å². The Morgan fingerprint density at radius 1 is 0.808 bits per heavy atom. The van der Waals surface area contributed by atoms with Gasteiger partial charge in [-0.15, -0.1) is 0 Å². The summed E-state index contributed by atoms with van der Waals surface area (Å²) in [7, 11) is 0. The molecule has 7 heteroatoms. The molecule has 1 aliphatic carbocycles. The predicted molar refractivity (Wildman–Crippen MR) is 96.1 cm³/mol. The summed E-state index contributed by atoms with van der Waals surface area (Å²) in [5.74, 6) is -1.65. The number of benzene rings is 2. The number of anilines is 1. The van der Waals surface area contributed by atoms with Crippen LogP contribution < -0.4 is 10.6 Å². The van der Waals surface area contributed by atoms with E-state index in [1.54, 1.807) is 12.1 Å². The van der Waals surface area contributed by atoms with Crippen molar-refractivity contribution in [3.05, 3.63) is 52.6 Å². The summed E-state index contributed by atoms with van der Waals surface area (Å²) >= 11 is 0. The molecule has 0 spiro atoms. The van der Waals surface area contributed by atoms with Crippen molar-refractivity contribution in [2.24, 2.45) is 0 Å².